The fourth-order valence-corrected chi connectivity index (χ4v) is 4.79. The molecule has 2 aromatic rings. The fourth-order valence-electron chi connectivity index (χ4n) is 4.79. The first-order chi connectivity index (χ1) is 15.3. The van der Waals surface area contributed by atoms with Crippen LogP contribution in [0.4, 0.5) is 0 Å². The normalized spacial score (nSPS) is 12.2. The molecule has 0 spiro atoms. The van der Waals surface area contributed by atoms with Crippen molar-refractivity contribution in [3.63, 3.8) is 0 Å². The van der Waals surface area contributed by atoms with Gasteiger partial charge in [-0.15, -0.1) is 0 Å². The van der Waals surface area contributed by atoms with Crippen molar-refractivity contribution in [1.29, 1.82) is 0 Å². The lowest BCUT2D eigenvalue weighted by Gasteiger charge is -2.22. The minimum absolute atomic E-state index is 0.427. The Morgan fingerprint density at radius 3 is 1.65 bits per heavy atom. The van der Waals surface area contributed by atoms with Gasteiger partial charge >= 0.3 is 0 Å². The Labute approximate surface area is 192 Å². The first-order valence-electron chi connectivity index (χ1n) is 13.1. The molecule has 1 atom stereocenters. The van der Waals surface area contributed by atoms with Crippen LogP contribution in [0.2, 0.25) is 0 Å². The van der Waals surface area contributed by atoms with E-state index in [4.69, 9.17) is 0 Å². The van der Waals surface area contributed by atoms with Crippen LogP contribution in [-0.4, -0.2) is 5.11 Å². The van der Waals surface area contributed by atoms with E-state index in [9.17, 15) is 5.11 Å². The molecule has 1 unspecified atom stereocenters. The molecule has 0 saturated carbocycles. The van der Waals surface area contributed by atoms with Crippen molar-refractivity contribution < 1.29 is 5.11 Å². The molecular weight excluding hydrogens is 376 g/mol. The average molecular weight is 423 g/mol. The summed E-state index contributed by atoms with van der Waals surface area (Å²) >= 11 is 0. The van der Waals surface area contributed by atoms with Gasteiger partial charge in [0.05, 0.1) is 0 Å². The van der Waals surface area contributed by atoms with Gasteiger partial charge in [-0.1, -0.05) is 140 Å². The Kier molecular flexibility index (Phi) is 13.1. The number of unbranched alkanes of at least 4 members (excludes halogenated alkanes) is 11. The highest BCUT2D eigenvalue weighted by atomic mass is 16.3. The monoisotopic (exact) mass is 422 g/mol. The topological polar surface area (TPSA) is 20.2 Å². The number of rotatable bonds is 17. The van der Waals surface area contributed by atoms with Gasteiger partial charge in [0.1, 0.15) is 5.75 Å². The van der Waals surface area contributed by atoms with Gasteiger partial charge in [0.25, 0.3) is 0 Å². The zero-order valence-electron chi connectivity index (χ0n) is 20.2. The summed E-state index contributed by atoms with van der Waals surface area (Å²) in [4.78, 5) is 0. The molecule has 1 heteroatoms. The third-order valence-electron chi connectivity index (χ3n) is 6.64. The zero-order chi connectivity index (χ0) is 22.2. The molecule has 172 valence electrons. The van der Waals surface area contributed by atoms with Gasteiger partial charge in [-0.3, -0.25) is 0 Å². The summed E-state index contributed by atoms with van der Waals surface area (Å²) in [5.41, 5.74) is 3.55. The molecule has 2 rings (SSSR count). The number of hydrogen-bond acceptors (Lipinski definition) is 1. The molecule has 0 fully saturated rings. The molecular formula is C30H46O. The second-order valence-corrected chi connectivity index (χ2v) is 9.27. The Morgan fingerprint density at radius 1 is 0.581 bits per heavy atom. The van der Waals surface area contributed by atoms with Crippen LogP contribution in [0, 0.1) is 0 Å². The summed E-state index contributed by atoms with van der Waals surface area (Å²) in [7, 11) is 0. The average Bonchev–Trinajstić information content (AvgIpc) is 2.79. The lowest BCUT2D eigenvalue weighted by atomic mass is 9.83. The van der Waals surface area contributed by atoms with Crippen LogP contribution in [0.3, 0.4) is 0 Å². The molecule has 0 aromatic heterocycles. The van der Waals surface area contributed by atoms with Crippen molar-refractivity contribution in [3.05, 3.63) is 54.1 Å². The van der Waals surface area contributed by atoms with Crippen molar-refractivity contribution in [2.45, 2.75) is 116 Å². The Bertz CT molecular complexity index is 691. The number of phenolic OH excluding ortho intramolecular Hbond substituents is 1. The Hall–Kier alpha value is -1.76. The molecule has 0 aliphatic carbocycles. The van der Waals surface area contributed by atoms with E-state index in [1.807, 2.05) is 12.1 Å². The van der Waals surface area contributed by atoms with Crippen LogP contribution in [-0.2, 0) is 0 Å². The molecule has 0 amide bonds. The molecule has 1 nitrogen and oxygen atoms in total. The fraction of sp³-hybridized carbons (Fsp3) is 0.600. The lowest BCUT2D eigenvalue weighted by molar-refractivity contribution is 0.468. The van der Waals surface area contributed by atoms with Crippen LogP contribution in [0.25, 0.3) is 11.1 Å². The van der Waals surface area contributed by atoms with Gasteiger partial charge in [-0.25, -0.2) is 0 Å². The van der Waals surface area contributed by atoms with Crippen LogP contribution in [0.5, 0.6) is 5.75 Å². The smallest absolute Gasteiger partial charge is 0.123 e. The second kappa shape index (κ2) is 16.0. The molecule has 0 saturated heterocycles. The van der Waals surface area contributed by atoms with Crippen molar-refractivity contribution in [2.24, 2.45) is 0 Å². The summed E-state index contributed by atoms with van der Waals surface area (Å²) in [6.07, 6.45) is 20.0. The summed E-state index contributed by atoms with van der Waals surface area (Å²) in [5.74, 6) is 0.973. The molecule has 0 aliphatic rings. The van der Waals surface area contributed by atoms with E-state index in [2.05, 4.69) is 50.2 Å². The highest BCUT2D eigenvalue weighted by molar-refractivity contribution is 5.74. The third kappa shape index (κ3) is 9.50. The first-order valence-corrected chi connectivity index (χ1v) is 13.1. The minimum Gasteiger partial charge on any atom is -0.507 e. The van der Waals surface area contributed by atoms with E-state index in [1.54, 1.807) is 0 Å². The predicted octanol–water partition coefficient (Wildman–Crippen LogP) is 10.0. The number of aromatic hydroxyl groups is 1. The molecule has 31 heavy (non-hydrogen) atoms. The SMILES string of the molecule is CCCCCCCCCC(CCCCCCCC)c1cccc(O)c1-c1ccccc1. The molecule has 1 N–H and O–H groups in total. The highest BCUT2D eigenvalue weighted by Crippen LogP contribution is 2.40. The number of phenols is 1. The molecule has 0 radical (unpaired) electrons. The number of benzene rings is 2. The Balaban J connectivity index is 2.04. The van der Waals surface area contributed by atoms with Gasteiger partial charge in [-0.05, 0) is 36.0 Å². The summed E-state index contributed by atoms with van der Waals surface area (Å²) < 4.78 is 0. The van der Waals surface area contributed by atoms with Gasteiger partial charge < -0.3 is 5.11 Å². The van der Waals surface area contributed by atoms with E-state index in [1.165, 1.54) is 102 Å². The van der Waals surface area contributed by atoms with Gasteiger partial charge in [0.15, 0.2) is 0 Å². The summed E-state index contributed by atoms with van der Waals surface area (Å²) in [5, 5.41) is 10.8. The minimum atomic E-state index is 0.427. The maximum Gasteiger partial charge on any atom is 0.123 e. The van der Waals surface area contributed by atoms with Gasteiger partial charge in [-0.2, -0.15) is 0 Å². The first kappa shape index (κ1) is 25.5. The van der Waals surface area contributed by atoms with Crippen molar-refractivity contribution in [1.82, 2.24) is 0 Å². The molecule has 0 aliphatic heterocycles. The molecule has 0 bridgehead atoms. The molecule has 0 heterocycles. The van der Waals surface area contributed by atoms with E-state index < -0.39 is 0 Å². The van der Waals surface area contributed by atoms with Crippen LogP contribution in [0.15, 0.2) is 48.5 Å². The Morgan fingerprint density at radius 2 is 1.10 bits per heavy atom. The van der Waals surface area contributed by atoms with Crippen LogP contribution < -0.4 is 0 Å². The van der Waals surface area contributed by atoms with E-state index in [0.29, 0.717) is 11.7 Å². The molecule has 2 aromatic carbocycles. The number of hydrogen-bond donors (Lipinski definition) is 1. The van der Waals surface area contributed by atoms with Crippen LogP contribution in [0.1, 0.15) is 122 Å². The second-order valence-electron chi connectivity index (χ2n) is 9.27. The van der Waals surface area contributed by atoms with Gasteiger partial charge in [0, 0.05) is 5.56 Å². The van der Waals surface area contributed by atoms with Crippen molar-refractivity contribution in [2.75, 3.05) is 0 Å². The summed E-state index contributed by atoms with van der Waals surface area (Å²) in [6.45, 7) is 4.57. The van der Waals surface area contributed by atoms with E-state index in [-0.39, 0.29) is 0 Å². The maximum absolute atomic E-state index is 10.8. The van der Waals surface area contributed by atoms with Crippen molar-refractivity contribution in [3.8, 4) is 16.9 Å². The van der Waals surface area contributed by atoms with Gasteiger partial charge in [0.2, 0.25) is 0 Å². The standard InChI is InChI=1S/C30H46O/c1-3-5-7-9-11-13-16-21-26(20-15-12-10-8-6-4-2)28-24-19-25-29(31)30(28)27-22-17-14-18-23-27/h14,17-19,22-26,31H,3-13,15-16,20-21H2,1-2H3. The quantitative estimate of drug-likeness (QED) is 0.251. The van der Waals surface area contributed by atoms with Crippen molar-refractivity contribution >= 4 is 0 Å². The predicted molar refractivity (Wildman–Crippen MR) is 137 cm³/mol. The highest BCUT2D eigenvalue weighted by Gasteiger charge is 2.18. The zero-order valence-corrected chi connectivity index (χ0v) is 20.2. The van der Waals surface area contributed by atoms with E-state index in [0.717, 1.165) is 11.1 Å². The third-order valence-corrected chi connectivity index (χ3v) is 6.64. The lowest BCUT2D eigenvalue weighted by Crippen LogP contribution is -2.03. The maximum atomic E-state index is 10.8. The summed E-state index contributed by atoms with van der Waals surface area (Å²) in [6, 6.07) is 16.6. The largest absolute Gasteiger partial charge is 0.507 e. The van der Waals surface area contributed by atoms with E-state index >= 15 is 0 Å². The van der Waals surface area contributed by atoms with Crippen LogP contribution >= 0.6 is 0 Å².